The van der Waals surface area contributed by atoms with Crippen molar-refractivity contribution in [3.05, 3.63) is 82.3 Å². The zero-order chi connectivity index (χ0) is 21.7. The van der Waals surface area contributed by atoms with Crippen molar-refractivity contribution in [2.24, 2.45) is 0 Å². The molecule has 0 saturated heterocycles. The smallest absolute Gasteiger partial charge is 0.262 e. The van der Waals surface area contributed by atoms with E-state index in [-0.39, 0.29) is 17.4 Å². The first-order valence-corrected chi connectivity index (χ1v) is 11.4. The van der Waals surface area contributed by atoms with Gasteiger partial charge >= 0.3 is 0 Å². The number of nitrogens with one attached hydrogen (secondary N) is 2. The summed E-state index contributed by atoms with van der Waals surface area (Å²) in [6.45, 7) is 3.54. The van der Waals surface area contributed by atoms with Crippen molar-refractivity contribution in [1.29, 1.82) is 0 Å². The van der Waals surface area contributed by atoms with Gasteiger partial charge in [-0.15, -0.1) is 0 Å². The number of carbonyl (C=O) groups is 1. The van der Waals surface area contributed by atoms with Crippen LogP contribution in [0, 0.1) is 13.8 Å². The minimum atomic E-state index is -3.74. The first kappa shape index (κ1) is 21.9. The Morgan fingerprint density at radius 2 is 1.67 bits per heavy atom. The SMILES string of the molecule is Cc1ccc(C)c(NS(=O)(=O)c2ccc(OCC(=O)Nc3ccccc3Br)cc2)c1. The lowest BCUT2D eigenvalue weighted by Crippen LogP contribution is -2.20. The molecule has 1 amide bonds. The summed E-state index contributed by atoms with van der Waals surface area (Å²) in [7, 11) is -3.74. The first-order valence-electron chi connectivity index (χ1n) is 9.12. The van der Waals surface area contributed by atoms with Gasteiger partial charge in [0, 0.05) is 4.47 Å². The maximum Gasteiger partial charge on any atom is 0.262 e. The first-order chi connectivity index (χ1) is 14.2. The number of rotatable bonds is 7. The Hall–Kier alpha value is -2.84. The van der Waals surface area contributed by atoms with E-state index < -0.39 is 10.0 Å². The number of aryl methyl sites for hydroxylation is 2. The molecule has 0 aliphatic carbocycles. The number of benzene rings is 3. The molecule has 8 heteroatoms. The van der Waals surface area contributed by atoms with E-state index in [1.807, 2.05) is 44.2 Å². The molecule has 3 aromatic carbocycles. The third kappa shape index (κ3) is 5.61. The van der Waals surface area contributed by atoms with Crippen LogP contribution in [0.15, 0.2) is 76.1 Å². The van der Waals surface area contributed by atoms with Gasteiger partial charge in [0.25, 0.3) is 15.9 Å². The van der Waals surface area contributed by atoms with Crippen LogP contribution in [0.25, 0.3) is 0 Å². The van der Waals surface area contributed by atoms with Gasteiger partial charge in [0.15, 0.2) is 6.61 Å². The van der Waals surface area contributed by atoms with Crippen molar-refractivity contribution >= 4 is 43.2 Å². The average molecular weight is 489 g/mol. The fourth-order valence-corrected chi connectivity index (χ4v) is 4.17. The van der Waals surface area contributed by atoms with Gasteiger partial charge in [0.1, 0.15) is 5.75 Å². The highest BCUT2D eigenvalue weighted by atomic mass is 79.9. The Bertz CT molecular complexity index is 1160. The minimum Gasteiger partial charge on any atom is -0.484 e. The molecule has 0 heterocycles. The van der Waals surface area contributed by atoms with Gasteiger partial charge < -0.3 is 10.1 Å². The summed E-state index contributed by atoms with van der Waals surface area (Å²) in [5, 5.41) is 2.74. The normalized spacial score (nSPS) is 11.0. The molecule has 0 bridgehead atoms. The van der Waals surface area contributed by atoms with Crippen LogP contribution in [0.4, 0.5) is 11.4 Å². The standard InChI is InChI=1S/C22H21BrN2O4S/c1-15-7-8-16(2)21(13-15)25-30(27,28)18-11-9-17(10-12-18)29-14-22(26)24-20-6-4-3-5-19(20)23/h3-13,25H,14H2,1-2H3,(H,24,26). The zero-order valence-corrected chi connectivity index (χ0v) is 18.9. The molecule has 0 radical (unpaired) electrons. The Morgan fingerprint density at radius 1 is 0.967 bits per heavy atom. The summed E-state index contributed by atoms with van der Waals surface area (Å²) in [6, 6.07) is 18.7. The van der Waals surface area contributed by atoms with Crippen LogP contribution in [0.2, 0.25) is 0 Å². The average Bonchev–Trinajstić information content (AvgIpc) is 2.71. The number of amides is 1. The van der Waals surface area contributed by atoms with Crippen molar-refractivity contribution in [3.63, 3.8) is 0 Å². The van der Waals surface area contributed by atoms with Gasteiger partial charge in [-0.25, -0.2) is 8.42 Å². The fraction of sp³-hybridized carbons (Fsp3) is 0.136. The van der Waals surface area contributed by atoms with Crippen LogP contribution in [0.3, 0.4) is 0 Å². The van der Waals surface area contributed by atoms with Crippen LogP contribution >= 0.6 is 15.9 Å². The monoisotopic (exact) mass is 488 g/mol. The molecule has 0 spiro atoms. The molecule has 0 aromatic heterocycles. The highest BCUT2D eigenvalue weighted by Gasteiger charge is 2.16. The van der Waals surface area contributed by atoms with Gasteiger partial charge in [0.2, 0.25) is 0 Å². The maximum atomic E-state index is 12.7. The lowest BCUT2D eigenvalue weighted by atomic mass is 10.1. The number of para-hydroxylation sites is 1. The second-order valence-electron chi connectivity index (χ2n) is 6.71. The summed E-state index contributed by atoms with van der Waals surface area (Å²) >= 11 is 3.36. The number of hydrogen-bond acceptors (Lipinski definition) is 4. The van der Waals surface area contributed by atoms with Gasteiger partial charge in [-0.05, 0) is 83.4 Å². The van der Waals surface area contributed by atoms with Crippen molar-refractivity contribution in [3.8, 4) is 5.75 Å². The minimum absolute atomic E-state index is 0.105. The molecular formula is C22H21BrN2O4S. The molecule has 3 rings (SSSR count). The Labute approximate surface area is 184 Å². The second-order valence-corrected chi connectivity index (χ2v) is 9.25. The van der Waals surface area contributed by atoms with E-state index in [2.05, 4.69) is 26.0 Å². The summed E-state index contributed by atoms with van der Waals surface area (Å²) in [4.78, 5) is 12.2. The Kier molecular flexibility index (Phi) is 6.79. The number of halogens is 1. The van der Waals surface area contributed by atoms with Gasteiger partial charge in [0.05, 0.1) is 16.3 Å². The van der Waals surface area contributed by atoms with Crippen molar-refractivity contribution in [2.75, 3.05) is 16.6 Å². The predicted molar refractivity (Wildman–Crippen MR) is 121 cm³/mol. The molecule has 0 atom stereocenters. The molecule has 2 N–H and O–H groups in total. The van der Waals surface area contributed by atoms with E-state index in [0.717, 1.165) is 15.6 Å². The van der Waals surface area contributed by atoms with E-state index in [9.17, 15) is 13.2 Å². The number of sulfonamides is 1. The highest BCUT2D eigenvalue weighted by molar-refractivity contribution is 9.10. The molecule has 0 saturated carbocycles. The van der Waals surface area contributed by atoms with E-state index in [0.29, 0.717) is 17.1 Å². The van der Waals surface area contributed by atoms with E-state index in [1.54, 1.807) is 12.1 Å². The van der Waals surface area contributed by atoms with E-state index in [4.69, 9.17) is 4.74 Å². The lowest BCUT2D eigenvalue weighted by molar-refractivity contribution is -0.118. The molecule has 0 aliphatic rings. The van der Waals surface area contributed by atoms with Crippen LogP contribution in [0.1, 0.15) is 11.1 Å². The zero-order valence-electron chi connectivity index (χ0n) is 16.5. The van der Waals surface area contributed by atoms with Crippen LogP contribution < -0.4 is 14.8 Å². The summed E-state index contributed by atoms with van der Waals surface area (Å²) in [5.74, 6) is 0.0677. The lowest BCUT2D eigenvalue weighted by Gasteiger charge is -2.12. The number of ether oxygens (including phenoxy) is 1. The quantitative estimate of drug-likeness (QED) is 0.495. The molecule has 156 valence electrons. The topological polar surface area (TPSA) is 84.5 Å². The number of anilines is 2. The van der Waals surface area contributed by atoms with Crippen LogP contribution in [0.5, 0.6) is 5.75 Å². The van der Waals surface area contributed by atoms with E-state index in [1.165, 1.54) is 24.3 Å². The summed E-state index contributed by atoms with van der Waals surface area (Å²) < 4.78 is 34.1. The van der Waals surface area contributed by atoms with Gasteiger partial charge in [-0.1, -0.05) is 24.3 Å². The largest absolute Gasteiger partial charge is 0.484 e. The molecular weight excluding hydrogens is 468 g/mol. The Morgan fingerprint density at radius 3 is 2.37 bits per heavy atom. The maximum absolute atomic E-state index is 12.7. The van der Waals surface area contributed by atoms with Crippen LogP contribution in [-0.4, -0.2) is 20.9 Å². The highest BCUT2D eigenvalue weighted by Crippen LogP contribution is 2.23. The molecule has 0 aliphatic heterocycles. The third-order valence-corrected chi connectivity index (χ3v) is 6.36. The van der Waals surface area contributed by atoms with Crippen molar-refractivity contribution in [1.82, 2.24) is 0 Å². The molecule has 6 nitrogen and oxygen atoms in total. The van der Waals surface area contributed by atoms with Gasteiger partial charge in [-0.2, -0.15) is 0 Å². The second kappa shape index (κ2) is 9.32. The summed E-state index contributed by atoms with van der Waals surface area (Å²) in [5.41, 5.74) is 2.98. The number of carbonyl (C=O) groups excluding carboxylic acids is 1. The fourth-order valence-electron chi connectivity index (χ4n) is 2.66. The van der Waals surface area contributed by atoms with Crippen LogP contribution in [-0.2, 0) is 14.8 Å². The molecule has 0 fully saturated rings. The van der Waals surface area contributed by atoms with Gasteiger partial charge in [-0.3, -0.25) is 9.52 Å². The summed E-state index contributed by atoms with van der Waals surface area (Å²) in [6.07, 6.45) is 0. The third-order valence-electron chi connectivity index (χ3n) is 4.29. The molecule has 30 heavy (non-hydrogen) atoms. The Balaban J connectivity index is 1.62. The molecule has 3 aromatic rings. The predicted octanol–water partition coefficient (Wildman–Crippen LogP) is 4.88. The van der Waals surface area contributed by atoms with Crippen molar-refractivity contribution < 1.29 is 17.9 Å². The number of hydrogen-bond donors (Lipinski definition) is 2. The molecule has 0 unspecified atom stereocenters. The van der Waals surface area contributed by atoms with Crippen molar-refractivity contribution in [2.45, 2.75) is 18.7 Å². The van der Waals surface area contributed by atoms with E-state index >= 15 is 0 Å².